The summed E-state index contributed by atoms with van der Waals surface area (Å²) < 4.78 is 7.49. The van der Waals surface area contributed by atoms with Crippen LogP contribution >= 0.6 is 11.8 Å². The van der Waals surface area contributed by atoms with Crippen molar-refractivity contribution in [1.82, 2.24) is 20.2 Å². The highest BCUT2D eigenvalue weighted by Crippen LogP contribution is 2.33. The molecular weight excluding hydrogens is 326 g/mol. The first-order chi connectivity index (χ1) is 11.8. The van der Waals surface area contributed by atoms with E-state index < -0.39 is 0 Å². The molecule has 0 saturated heterocycles. The van der Waals surface area contributed by atoms with Crippen LogP contribution in [0.25, 0.3) is 0 Å². The van der Waals surface area contributed by atoms with Crippen molar-refractivity contribution >= 4 is 23.4 Å². The van der Waals surface area contributed by atoms with Crippen LogP contribution in [-0.4, -0.2) is 45.0 Å². The molecule has 1 aromatic carbocycles. The van der Waals surface area contributed by atoms with E-state index in [1.54, 1.807) is 4.90 Å². The Morgan fingerprint density at radius 1 is 1.29 bits per heavy atom. The third-order valence-electron chi connectivity index (χ3n) is 4.49. The molecule has 2 aliphatic rings. The van der Waals surface area contributed by atoms with Crippen molar-refractivity contribution in [3.63, 3.8) is 0 Å². The van der Waals surface area contributed by atoms with Gasteiger partial charge in [-0.1, -0.05) is 36.7 Å². The van der Waals surface area contributed by atoms with Crippen molar-refractivity contribution < 1.29 is 9.53 Å². The maximum atomic E-state index is 12.7. The fourth-order valence-corrected chi connectivity index (χ4v) is 4.11. The maximum Gasteiger partial charge on any atom is 0.237 e. The average Bonchev–Trinajstić information content (AvgIpc) is 3.30. The minimum Gasteiger partial charge on any atom is -0.490 e. The minimum absolute atomic E-state index is 0.0525. The summed E-state index contributed by atoms with van der Waals surface area (Å²) in [4.78, 5) is 14.4. The summed E-state index contributed by atoms with van der Waals surface area (Å²) in [6.07, 6.45) is 4.67. The second kappa shape index (κ2) is 6.80. The van der Waals surface area contributed by atoms with E-state index in [1.165, 1.54) is 24.6 Å². The van der Waals surface area contributed by atoms with E-state index >= 15 is 0 Å². The fourth-order valence-electron chi connectivity index (χ4n) is 3.29. The number of thioether (sulfide) groups is 1. The molecule has 2 heterocycles. The quantitative estimate of drug-likeness (QED) is 0.792. The minimum atomic E-state index is 0.0525. The molecule has 0 spiro atoms. The van der Waals surface area contributed by atoms with Crippen LogP contribution < -0.4 is 9.64 Å². The van der Waals surface area contributed by atoms with E-state index in [-0.39, 0.29) is 5.91 Å². The van der Waals surface area contributed by atoms with Crippen LogP contribution in [0.3, 0.4) is 0 Å². The molecule has 126 valence electrons. The van der Waals surface area contributed by atoms with Crippen molar-refractivity contribution in [3.05, 3.63) is 24.3 Å². The fraction of sp³-hybridized carbons (Fsp3) is 0.500. The molecule has 0 atom stereocenters. The highest BCUT2D eigenvalue weighted by molar-refractivity contribution is 7.99. The van der Waals surface area contributed by atoms with Gasteiger partial charge in [-0.05, 0) is 35.4 Å². The lowest BCUT2D eigenvalue weighted by atomic mass is 10.2. The van der Waals surface area contributed by atoms with E-state index in [2.05, 4.69) is 15.5 Å². The third kappa shape index (κ3) is 2.98. The molecule has 0 unspecified atom stereocenters. The number of fused-ring (bicyclic) bond motifs is 1. The number of rotatable bonds is 4. The second-order valence-corrected chi connectivity index (χ2v) is 6.94. The molecule has 1 saturated carbocycles. The average molecular weight is 345 g/mol. The van der Waals surface area contributed by atoms with Gasteiger partial charge in [0.1, 0.15) is 12.4 Å². The topological polar surface area (TPSA) is 73.1 Å². The van der Waals surface area contributed by atoms with Gasteiger partial charge < -0.3 is 9.64 Å². The Morgan fingerprint density at radius 2 is 2.12 bits per heavy atom. The molecular formula is C16H19N5O2S. The van der Waals surface area contributed by atoms with Gasteiger partial charge in [0.25, 0.3) is 0 Å². The first kappa shape index (κ1) is 15.4. The molecule has 4 rings (SSSR count). The van der Waals surface area contributed by atoms with Gasteiger partial charge in [-0.3, -0.25) is 4.79 Å². The SMILES string of the molecule is O=C(CSc1nnnn1C1CCCC1)N1CCOc2ccccc21. The zero-order valence-electron chi connectivity index (χ0n) is 13.3. The Balaban J connectivity index is 1.44. The van der Waals surface area contributed by atoms with Gasteiger partial charge in [-0.2, -0.15) is 0 Å². The molecule has 1 aromatic heterocycles. The molecule has 0 N–H and O–H groups in total. The van der Waals surface area contributed by atoms with Gasteiger partial charge >= 0.3 is 0 Å². The van der Waals surface area contributed by atoms with E-state index in [1.807, 2.05) is 28.9 Å². The summed E-state index contributed by atoms with van der Waals surface area (Å²) in [5.74, 6) is 1.14. The van der Waals surface area contributed by atoms with Crippen LogP contribution in [-0.2, 0) is 4.79 Å². The summed E-state index contributed by atoms with van der Waals surface area (Å²) in [5, 5.41) is 12.7. The number of hydrogen-bond acceptors (Lipinski definition) is 6. The van der Waals surface area contributed by atoms with Crippen LogP contribution in [0.2, 0.25) is 0 Å². The Hall–Kier alpha value is -2.09. The zero-order valence-corrected chi connectivity index (χ0v) is 14.1. The maximum absolute atomic E-state index is 12.7. The number of benzene rings is 1. The lowest BCUT2D eigenvalue weighted by molar-refractivity contribution is -0.116. The van der Waals surface area contributed by atoms with Gasteiger partial charge in [-0.25, -0.2) is 4.68 Å². The Bertz CT molecular complexity index is 729. The second-order valence-electron chi connectivity index (χ2n) is 5.99. The Morgan fingerprint density at radius 3 is 3.00 bits per heavy atom. The molecule has 1 fully saturated rings. The number of ether oxygens (including phenoxy) is 1. The van der Waals surface area contributed by atoms with E-state index in [0.29, 0.717) is 24.9 Å². The van der Waals surface area contributed by atoms with Gasteiger partial charge in [0.2, 0.25) is 11.1 Å². The number of hydrogen-bond donors (Lipinski definition) is 0. The lowest BCUT2D eigenvalue weighted by Crippen LogP contribution is -2.39. The molecule has 2 aromatic rings. The van der Waals surface area contributed by atoms with Crippen LogP contribution in [0, 0.1) is 0 Å². The summed E-state index contributed by atoms with van der Waals surface area (Å²) in [7, 11) is 0. The van der Waals surface area contributed by atoms with E-state index in [0.717, 1.165) is 29.4 Å². The van der Waals surface area contributed by atoms with Crippen molar-refractivity contribution in [2.75, 3.05) is 23.8 Å². The Labute approximate surface area is 144 Å². The third-order valence-corrected chi connectivity index (χ3v) is 5.41. The molecule has 8 heteroatoms. The number of carbonyl (C=O) groups is 1. The van der Waals surface area contributed by atoms with Gasteiger partial charge in [0.05, 0.1) is 24.0 Å². The number of tetrazole rings is 1. The molecule has 24 heavy (non-hydrogen) atoms. The first-order valence-electron chi connectivity index (χ1n) is 8.26. The first-order valence-corrected chi connectivity index (χ1v) is 9.24. The van der Waals surface area contributed by atoms with Crippen LogP contribution in [0.15, 0.2) is 29.4 Å². The summed E-state index contributed by atoms with van der Waals surface area (Å²) in [5.41, 5.74) is 0.838. The summed E-state index contributed by atoms with van der Waals surface area (Å²) in [6, 6.07) is 8.02. The molecule has 1 aliphatic heterocycles. The number of para-hydroxylation sites is 2. The zero-order chi connectivity index (χ0) is 16.4. The Kier molecular flexibility index (Phi) is 4.38. The van der Waals surface area contributed by atoms with E-state index in [4.69, 9.17) is 4.74 Å². The smallest absolute Gasteiger partial charge is 0.237 e. The van der Waals surface area contributed by atoms with Crippen LogP contribution in [0.4, 0.5) is 5.69 Å². The van der Waals surface area contributed by atoms with Crippen LogP contribution in [0.5, 0.6) is 5.75 Å². The highest BCUT2D eigenvalue weighted by atomic mass is 32.2. The van der Waals surface area contributed by atoms with Crippen molar-refractivity contribution in [3.8, 4) is 5.75 Å². The standard InChI is InChI=1S/C16H19N5O2S/c22-15(20-9-10-23-14-8-4-3-7-13(14)20)11-24-16-17-18-19-21(16)12-5-1-2-6-12/h3-4,7-8,12H,1-2,5-6,9-11H2. The number of nitrogens with zero attached hydrogens (tertiary/aromatic N) is 5. The summed E-state index contributed by atoms with van der Waals surface area (Å²) >= 11 is 1.41. The summed E-state index contributed by atoms with van der Waals surface area (Å²) in [6.45, 7) is 1.09. The van der Waals surface area contributed by atoms with Crippen LogP contribution in [0.1, 0.15) is 31.7 Å². The van der Waals surface area contributed by atoms with E-state index in [9.17, 15) is 4.79 Å². The molecule has 0 bridgehead atoms. The predicted octanol–water partition coefficient (Wildman–Crippen LogP) is 2.31. The highest BCUT2D eigenvalue weighted by Gasteiger charge is 2.25. The van der Waals surface area contributed by atoms with Crippen molar-refractivity contribution in [2.24, 2.45) is 0 Å². The van der Waals surface area contributed by atoms with Gasteiger partial charge in [0, 0.05) is 0 Å². The predicted molar refractivity (Wildman–Crippen MR) is 90.3 cm³/mol. The lowest BCUT2D eigenvalue weighted by Gasteiger charge is -2.29. The van der Waals surface area contributed by atoms with Crippen molar-refractivity contribution in [1.29, 1.82) is 0 Å². The van der Waals surface area contributed by atoms with Crippen molar-refractivity contribution in [2.45, 2.75) is 36.9 Å². The molecule has 7 nitrogen and oxygen atoms in total. The van der Waals surface area contributed by atoms with Gasteiger partial charge in [0.15, 0.2) is 0 Å². The molecule has 1 amide bonds. The molecule has 1 aliphatic carbocycles. The van der Waals surface area contributed by atoms with Gasteiger partial charge in [-0.15, -0.1) is 5.10 Å². The normalized spacial score (nSPS) is 17.6. The molecule has 0 radical (unpaired) electrons. The number of aromatic nitrogens is 4. The number of carbonyl (C=O) groups excluding carboxylic acids is 1. The number of anilines is 1. The number of amides is 1. The monoisotopic (exact) mass is 345 g/mol. The largest absolute Gasteiger partial charge is 0.490 e.